The van der Waals surface area contributed by atoms with Gasteiger partial charge in [0.2, 0.25) is 0 Å². The van der Waals surface area contributed by atoms with Crippen molar-refractivity contribution in [2.24, 2.45) is 46.3 Å². The molecule has 5 heteroatoms. The van der Waals surface area contributed by atoms with Gasteiger partial charge in [-0.3, -0.25) is 0 Å². The molecule has 4 rings (SSSR count). The molecule has 0 aliphatic heterocycles. The molecule has 3 saturated carbocycles. The van der Waals surface area contributed by atoms with Crippen LogP contribution in [0.5, 0.6) is 0 Å². The predicted molar refractivity (Wildman–Crippen MR) is 261 cm³/mol. The highest BCUT2D eigenvalue weighted by Gasteiger charge is 2.59. The molecule has 3 fully saturated rings. The summed E-state index contributed by atoms with van der Waals surface area (Å²) in [7, 11) is 4.23. The molecule has 5 nitrogen and oxygen atoms in total. The highest BCUT2D eigenvalue weighted by atomic mass is 16.6. The van der Waals surface area contributed by atoms with Crippen LogP contribution in [-0.2, 0) is 18.9 Å². The van der Waals surface area contributed by atoms with Crippen molar-refractivity contribution in [3.05, 3.63) is 36.0 Å². The summed E-state index contributed by atoms with van der Waals surface area (Å²) >= 11 is 0. The van der Waals surface area contributed by atoms with E-state index in [0.29, 0.717) is 43.4 Å². The molecule has 0 aromatic heterocycles. The first-order valence-corrected chi connectivity index (χ1v) is 26.6. The van der Waals surface area contributed by atoms with Crippen LogP contribution in [0, 0.1) is 46.3 Å². The Morgan fingerprint density at radius 2 is 1.46 bits per heavy atom. The first-order valence-electron chi connectivity index (χ1n) is 26.6. The molecule has 0 spiro atoms. The van der Waals surface area contributed by atoms with Gasteiger partial charge in [0, 0.05) is 13.2 Å². The van der Waals surface area contributed by atoms with E-state index in [1.165, 1.54) is 128 Å². The number of unbranched alkanes of at least 4 members (excludes halogenated alkanes) is 9. The van der Waals surface area contributed by atoms with Crippen molar-refractivity contribution < 1.29 is 18.9 Å². The van der Waals surface area contributed by atoms with Gasteiger partial charge in [-0.1, -0.05) is 142 Å². The van der Waals surface area contributed by atoms with Gasteiger partial charge in [0.05, 0.1) is 44.7 Å². The molecule has 3 unspecified atom stereocenters. The predicted octanol–water partition coefficient (Wildman–Crippen LogP) is 15.0. The van der Waals surface area contributed by atoms with Crippen molar-refractivity contribution in [3.8, 4) is 0 Å². The summed E-state index contributed by atoms with van der Waals surface area (Å²) in [4.78, 5) is 2.20. The monoisotopic (exact) mass is 852 g/mol. The molecule has 0 radical (unpaired) electrons. The van der Waals surface area contributed by atoms with Crippen LogP contribution >= 0.6 is 0 Å². The lowest BCUT2D eigenvalue weighted by Crippen LogP contribution is -2.51. The molecule has 354 valence electrons. The number of nitrogens with zero attached hydrogens (tertiary/aromatic N) is 1. The molecule has 4 aliphatic rings. The van der Waals surface area contributed by atoms with E-state index in [-0.39, 0.29) is 12.2 Å². The lowest BCUT2D eigenvalue weighted by molar-refractivity contribution is -0.0926. The maximum atomic E-state index is 6.57. The number of hydrogen-bond acceptors (Lipinski definition) is 5. The summed E-state index contributed by atoms with van der Waals surface area (Å²) in [5.74, 6) is 5.34. The highest BCUT2D eigenvalue weighted by molar-refractivity contribution is 5.25. The Balaban J connectivity index is 1.07. The number of hydrogen-bond donors (Lipinski definition) is 0. The van der Waals surface area contributed by atoms with E-state index in [1.54, 1.807) is 5.57 Å². The van der Waals surface area contributed by atoms with Gasteiger partial charge >= 0.3 is 0 Å². The number of fused-ring (bicyclic) bond motifs is 5. The van der Waals surface area contributed by atoms with Crippen molar-refractivity contribution in [3.63, 3.8) is 0 Å². The Kier molecular flexibility index (Phi) is 24.9. The van der Waals surface area contributed by atoms with Gasteiger partial charge < -0.3 is 23.8 Å². The average Bonchev–Trinajstić information content (AvgIpc) is 3.59. The number of allylic oxidation sites excluding steroid dienone is 5. The second-order valence-corrected chi connectivity index (χ2v) is 21.8. The van der Waals surface area contributed by atoms with E-state index in [1.807, 2.05) is 0 Å². The minimum absolute atomic E-state index is 0.0598. The van der Waals surface area contributed by atoms with E-state index in [9.17, 15) is 0 Å². The Hall–Kier alpha value is -0.980. The summed E-state index contributed by atoms with van der Waals surface area (Å²) in [6, 6.07) is 0. The van der Waals surface area contributed by atoms with Crippen molar-refractivity contribution in [2.45, 2.75) is 221 Å². The fourth-order valence-corrected chi connectivity index (χ4v) is 12.7. The third-order valence-electron chi connectivity index (χ3n) is 16.4. The normalized spacial score (nSPS) is 29.3. The molecule has 0 N–H and O–H groups in total. The van der Waals surface area contributed by atoms with Crippen LogP contribution in [0.2, 0.25) is 0 Å². The zero-order valence-electron chi connectivity index (χ0n) is 41.9. The van der Waals surface area contributed by atoms with Crippen LogP contribution in [0.15, 0.2) is 36.0 Å². The van der Waals surface area contributed by atoms with Crippen LogP contribution in [-0.4, -0.2) is 76.9 Å². The highest BCUT2D eigenvalue weighted by Crippen LogP contribution is 2.67. The van der Waals surface area contributed by atoms with Gasteiger partial charge in [-0.25, -0.2) is 0 Å². The lowest BCUT2D eigenvalue weighted by atomic mass is 9.47. The molecule has 61 heavy (non-hydrogen) atoms. The SMILES string of the molecule is CCCCC/C=C\C/C=C\CCCCCCCCOCC(CN(C)C)OC[C@@H](CC)OCCO[C@H]1CCC2(C)C(=CC[C@@H]3[C@@H]2CCC2(C)[C@@H]([C@H](C)CCCC(C)C)CC[C@@H]32)C1. The third kappa shape index (κ3) is 17.4. The Morgan fingerprint density at radius 3 is 2.18 bits per heavy atom. The van der Waals surface area contributed by atoms with Crippen LogP contribution in [0.1, 0.15) is 203 Å². The fourth-order valence-electron chi connectivity index (χ4n) is 12.7. The van der Waals surface area contributed by atoms with Gasteiger partial charge in [-0.05, 0) is 157 Å². The maximum Gasteiger partial charge on any atom is 0.0936 e. The lowest BCUT2D eigenvalue weighted by Gasteiger charge is -2.58. The van der Waals surface area contributed by atoms with Gasteiger partial charge in [-0.2, -0.15) is 0 Å². The Bertz CT molecular complexity index is 1240. The van der Waals surface area contributed by atoms with Gasteiger partial charge in [0.25, 0.3) is 0 Å². The molecular weight excluding hydrogens is 751 g/mol. The van der Waals surface area contributed by atoms with Gasteiger partial charge in [0.1, 0.15) is 0 Å². The summed E-state index contributed by atoms with van der Waals surface area (Å²) < 4.78 is 25.5. The summed E-state index contributed by atoms with van der Waals surface area (Å²) in [5, 5.41) is 0. The molecule has 0 saturated heterocycles. The largest absolute Gasteiger partial charge is 0.379 e. The third-order valence-corrected chi connectivity index (χ3v) is 16.4. The van der Waals surface area contributed by atoms with E-state index in [2.05, 4.69) is 97.8 Å². The molecule has 0 aromatic rings. The number of likely N-dealkylation sites (N-methyl/N-ethyl adjacent to an activating group) is 1. The molecular formula is C56H101NO4. The molecule has 0 amide bonds. The van der Waals surface area contributed by atoms with Crippen molar-refractivity contribution in [1.82, 2.24) is 4.90 Å². The summed E-state index contributed by atoms with van der Waals surface area (Å²) in [5.41, 5.74) is 2.67. The van der Waals surface area contributed by atoms with E-state index in [0.717, 1.165) is 74.3 Å². The topological polar surface area (TPSA) is 40.2 Å². The molecule has 0 bridgehead atoms. The summed E-state index contributed by atoms with van der Waals surface area (Å²) in [6.07, 6.45) is 43.8. The van der Waals surface area contributed by atoms with E-state index in [4.69, 9.17) is 18.9 Å². The van der Waals surface area contributed by atoms with Crippen molar-refractivity contribution in [2.75, 3.05) is 53.7 Å². The second-order valence-electron chi connectivity index (χ2n) is 21.8. The average molecular weight is 852 g/mol. The standard InChI is InChI=1S/C56H101NO4/c1-10-12-13-14-15-16-17-18-19-20-21-22-23-24-25-26-38-58-43-50(42-57(8)9)61-44-48(11-2)59-39-40-60-49-34-36-55(6)47(41-49)30-31-51-53-33-32-52(46(5)29-27-28-45(3)4)56(53,7)37-35-54(51)55/h15-16,18-19,30,45-46,48-54H,10-14,17,20-29,31-44H2,1-9H3/b16-15-,19-18-/t46-,48-,49+,50?,51+,52-,53+,54+,55?,56?/m1/s1. The minimum Gasteiger partial charge on any atom is -0.379 e. The Morgan fingerprint density at radius 1 is 0.721 bits per heavy atom. The number of ether oxygens (including phenoxy) is 4. The van der Waals surface area contributed by atoms with Crippen LogP contribution < -0.4 is 0 Å². The zero-order chi connectivity index (χ0) is 43.9. The fraction of sp³-hybridized carbons (Fsp3) is 0.893. The van der Waals surface area contributed by atoms with Crippen LogP contribution in [0.4, 0.5) is 0 Å². The van der Waals surface area contributed by atoms with E-state index >= 15 is 0 Å². The van der Waals surface area contributed by atoms with Crippen molar-refractivity contribution in [1.29, 1.82) is 0 Å². The first kappa shape index (κ1) is 52.6. The van der Waals surface area contributed by atoms with Gasteiger partial charge in [0.15, 0.2) is 0 Å². The number of rotatable bonds is 33. The molecule has 4 aliphatic carbocycles. The minimum atomic E-state index is 0.0598. The molecule has 10 atom stereocenters. The second kappa shape index (κ2) is 28.8. The molecule has 0 heterocycles. The van der Waals surface area contributed by atoms with Crippen molar-refractivity contribution >= 4 is 0 Å². The first-order chi connectivity index (χ1) is 29.5. The van der Waals surface area contributed by atoms with Gasteiger partial charge in [-0.15, -0.1) is 0 Å². The van der Waals surface area contributed by atoms with Crippen LogP contribution in [0.3, 0.4) is 0 Å². The maximum absolute atomic E-state index is 6.57. The summed E-state index contributed by atoms with van der Waals surface area (Å²) in [6.45, 7) is 21.5. The zero-order valence-corrected chi connectivity index (χ0v) is 41.9. The van der Waals surface area contributed by atoms with Crippen LogP contribution in [0.25, 0.3) is 0 Å². The quantitative estimate of drug-likeness (QED) is 0.0486. The molecule has 0 aromatic carbocycles. The Labute approximate surface area is 379 Å². The van der Waals surface area contributed by atoms with E-state index < -0.39 is 0 Å². The smallest absolute Gasteiger partial charge is 0.0936 e.